The number of rotatable bonds is 3. The van der Waals surface area contributed by atoms with Crippen LogP contribution in [0.25, 0.3) is 0 Å². The molecule has 0 heterocycles. The Kier molecular flexibility index (Phi) is 3.84. The van der Waals surface area contributed by atoms with Gasteiger partial charge in [0.25, 0.3) is 0 Å². The third kappa shape index (κ3) is 2.42. The van der Waals surface area contributed by atoms with Gasteiger partial charge in [-0.15, -0.1) is 11.6 Å². The van der Waals surface area contributed by atoms with Gasteiger partial charge in [0.15, 0.2) is 12.1 Å². The van der Waals surface area contributed by atoms with E-state index in [0.29, 0.717) is 17.4 Å². The molecule has 4 heteroatoms. The summed E-state index contributed by atoms with van der Waals surface area (Å²) in [5.41, 5.74) is 0.725. The summed E-state index contributed by atoms with van der Waals surface area (Å²) in [5, 5.41) is -0.616. The molecular weight excluding hydrogens is 267 g/mol. The molecule has 0 aliphatic rings. The Balaban J connectivity index is 3.20. The van der Waals surface area contributed by atoms with Crippen LogP contribution in [0, 0.1) is 0 Å². The molecule has 0 radical (unpaired) electrons. The molecule has 0 aliphatic heterocycles. The van der Waals surface area contributed by atoms with Crippen LogP contribution in [0.2, 0.25) is 0 Å². The van der Waals surface area contributed by atoms with Crippen LogP contribution in [0.4, 0.5) is 0 Å². The minimum atomic E-state index is -0.616. The van der Waals surface area contributed by atoms with Gasteiger partial charge in [0.05, 0.1) is 5.38 Å². The predicted octanol–water partition coefficient (Wildman–Crippen LogP) is 3.07. The van der Waals surface area contributed by atoms with E-state index < -0.39 is 5.38 Å². The molecule has 0 spiro atoms. The van der Waals surface area contributed by atoms with Crippen LogP contribution in [0.5, 0.6) is 0 Å². The number of hydrogen-bond acceptors (Lipinski definition) is 2. The maximum absolute atomic E-state index is 11.5. The second-order valence-corrected chi connectivity index (χ2v) is 4.40. The zero-order chi connectivity index (χ0) is 10.7. The SMILES string of the molecule is CC(Cl)C(=O)c1ccc(Br)cc1C=O. The summed E-state index contributed by atoms with van der Waals surface area (Å²) in [4.78, 5) is 22.2. The second kappa shape index (κ2) is 4.71. The normalized spacial score (nSPS) is 12.2. The van der Waals surface area contributed by atoms with Gasteiger partial charge >= 0.3 is 0 Å². The molecule has 2 nitrogen and oxygen atoms in total. The number of ketones is 1. The summed E-state index contributed by atoms with van der Waals surface area (Å²) >= 11 is 8.87. The lowest BCUT2D eigenvalue weighted by Crippen LogP contribution is -2.12. The van der Waals surface area contributed by atoms with E-state index in [1.165, 1.54) is 0 Å². The number of hydrogen-bond donors (Lipinski definition) is 0. The minimum absolute atomic E-state index is 0.235. The van der Waals surface area contributed by atoms with Gasteiger partial charge in [-0.25, -0.2) is 0 Å². The lowest BCUT2D eigenvalue weighted by atomic mass is 10.0. The number of alkyl halides is 1. The van der Waals surface area contributed by atoms with Crippen LogP contribution in [0.3, 0.4) is 0 Å². The topological polar surface area (TPSA) is 34.1 Å². The number of Topliss-reactive ketones (excluding diaryl/α,β-unsaturated/α-hetero) is 1. The first-order valence-corrected chi connectivity index (χ1v) is 5.22. The number of aldehydes is 1. The molecule has 0 bridgehead atoms. The lowest BCUT2D eigenvalue weighted by molar-refractivity contribution is 0.0985. The van der Waals surface area contributed by atoms with E-state index in [9.17, 15) is 9.59 Å². The van der Waals surface area contributed by atoms with Crippen molar-refractivity contribution in [2.24, 2.45) is 0 Å². The smallest absolute Gasteiger partial charge is 0.181 e. The van der Waals surface area contributed by atoms with Crippen LogP contribution < -0.4 is 0 Å². The van der Waals surface area contributed by atoms with Crippen LogP contribution in [-0.4, -0.2) is 17.4 Å². The third-order valence-corrected chi connectivity index (χ3v) is 2.46. The summed E-state index contributed by atoms with van der Waals surface area (Å²) in [6, 6.07) is 4.90. The maximum Gasteiger partial charge on any atom is 0.181 e. The highest BCUT2D eigenvalue weighted by Crippen LogP contribution is 2.18. The average Bonchev–Trinajstić information content (AvgIpc) is 2.16. The Morgan fingerprint density at radius 1 is 1.57 bits per heavy atom. The fraction of sp³-hybridized carbons (Fsp3) is 0.200. The van der Waals surface area contributed by atoms with Crippen molar-refractivity contribution < 1.29 is 9.59 Å². The number of benzene rings is 1. The van der Waals surface area contributed by atoms with Crippen LogP contribution in [0.15, 0.2) is 22.7 Å². The predicted molar refractivity (Wildman–Crippen MR) is 59.2 cm³/mol. The molecule has 14 heavy (non-hydrogen) atoms. The fourth-order valence-electron chi connectivity index (χ4n) is 1.07. The minimum Gasteiger partial charge on any atom is -0.298 e. The highest BCUT2D eigenvalue weighted by Gasteiger charge is 2.15. The monoisotopic (exact) mass is 274 g/mol. The van der Waals surface area contributed by atoms with Crippen molar-refractivity contribution >= 4 is 39.6 Å². The molecule has 0 saturated carbocycles. The Morgan fingerprint density at radius 3 is 2.71 bits per heavy atom. The van der Waals surface area contributed by atoms with Gasteiger partial charge in [0, 0.05) is 15.6 Å². The standard InChI is InChI=1S/C10H8BrClO2/c1-6(12)10(14)9-3-2-8(11)4-7(9)5-13/h2-6H,1H3. The first-order chi connectivity index (χ1) is 6.56. The Bertz CT molecular complexity index is 374. The molecule has 0 fully saturated rings. The summed E-state index contributed by atoms with van der Waals surface area (Å²) in [5.74, 6) is -0.235. The summed E-state index contributed by atoms with van der Waals surface area (Å²) < 4.78 is 0.762. The largest absolute Gasteiger partial charge is 0.298 e. The van der Waals surface area contributed by atoms with E-state index in [2.05, 4.69) is 15.9 Å². The molecule has 1 aromatic rings. The van der Waals surface area contributed by atoms with Crippen molar-refractivity contribution in [3.63, 3.8) is 0 Å². The quantitative estimate of drug-likeness (QED) is 0.483. The van der Waals surface area contributed by atoms with Crippen LogP contribution in [0.1, 0.15) is 27.6 Å². The van der Waals surface area contributed by atoms with Gasteiger partial charge in [-0.05, 0) is 25.1 Å². The molecule has 0 amide bonds. The summed E-state index contributed by atoms with van der Waals surface area (Å²) in [6.07, 6.45) is 0.650. The first kappa shape index (κ1) is 11.4. The molecule has 1 aromatic carbocycles. The van der Waals surface area contributed by atoms with E-state index in [1.807, 2.05) is 0 Å². The van der Waals surface area contributed by atoms with Crippen molar-refractivity contribution in [2.45, 2.75) is 12.3 Å². The Hall–Kier alpha value is -0.670. The van der Waals surface area contributed by atoms with Gasteiger partial charge in [0.2, 0.25) is 0 Å². The fourth-order valence-corrected chi connectivity index (χ4v) is 1.57. The van der Waals surface area contributed by atoms with E-state index >= 15 is 0 Å². The van der Waals surface area contributed by atoms with E-state index in [1.54, 1.807) is 25.1 Å². The molecule has 0 aliphatic carbocycles. The highest BCUT2D eigenvalue weighted by atomic mass is 79.9. The molecule has 0 N–H and O–H groups in total. The van der Waals surface area contributed by atoms with Gasteiger partial charge < -0.3 is 0 Å². The van der Waals surface area contributed by atoms with Gasteiger partial charge in [0.1, 0.15) is 0 Å². The Labute approximate surface area is 95.4 Å². The third-order valence-electron chi connectivity index (χ3n) is 1.77. The van der Waals surface area contributed by atoms with Gasteiger partial charge in [-0.2, -0.15) is 0 Å². The maximum atomic E-state index is 11.5. The molecule has 0 aromatic heterocycles. The van der Waals surface area contributed by atoms with Gasteiger partial charge in [-0.3, -0.25) is 9.59 Å². The zero-order valence-corrected chi connectivity index (χ0v) is 9.80. The van der Waals surface area contributed by atoms with Crippen LogP contribution in [-0.2, 0) is 0 Å². The number of carbonyl (C=O) groups is 2. The molecule has 0 saturated heterocycles. The van der Waals surface area contributed by atoms with E-state index in [-0.39, 0.29) is 5.78 Å². The van der Waals surface area contributed by atoms with Crippen molar-refractivity contribution in [3.05, 3.63) is 33.8 Å². The number of carbonyl (C=O) groups excluding carboxylic acids is 2. The van der Waals surface area contributed by atoms with Crippen molar-refractivity contribution in [2.75, 3.05) is 0 Å². The Morgan fingerprint density at radius 2 is 2.21 bits per heavy atom. The first-order valence-electron chi connectivity index (χ1n) is 3.99. The molecule has 1 unspecified atom stereocenters. The van der Waals surface area contributed by atoms with Gasteiger partial charge in [-0.1, -0.05) is 15.9 Å². The highest BCUT2D eigenvalue weighted by molar-refractivity contribution is 9.10. The summed E-state index contributed by atoms with van der Waals surface area (Å²) in [6.45, 7) is 1.58. The number of halogens is 2. The zero-order valence-electron chi connectivity index (χ0n) is 7.46. The van der Waals surface area contributed by atoms with Crippen LogP contribution >= 0.6 is 27.5 Å². The van der Waals surface area contributed by atoms with Crippen molar-refractivity contribution in [1.82, 2.24) is 0 Å². The summed E-state index contributed by atoms with van der Waals surface area (Å²) in [7, 11) is 0. The van der Waals surface area contributed by atoms with Crippen molar-refractivity contribution in [1.29, 1.82) is 0 Å². The second-order valence-electron chi connectivity index (χ2n) is 2.83. The average molecular weight is 276 g/mol. The van der Waals surface area contributed by atoms with E-state index in [4.69, 9.17) is 11.6 Å². The molecule has 1 atom stereocenters. The molecular formula is C10H8BrClO2. The van der Waals surface area contributed by atoms with Crippen molar-refractivity contribution in [3.8, 4) is 0 Å². The lowest BCUT2D eigenvalue weighted by Gasteiger charge is -2.05. The molecule has 74 valence electrons. The van der Waals surface area contributed by atoms with E-state index in [0.717, 1.165) is 4.47 Å². The molecule has 1 rings (SSSR count).